The lowest BCUT2D eigenvalue weighted by molar-refractivity contribution is 0.0971. The second-order valence-corrected chi connectivity index (χ2v) is 8.12. The molecule has 2 aromatic carbocycles. The van der Waals surface area contributed by atoms with Gasteiger partial charge < -0.3 is 0 Å². The molecule has 0 spiro atoms. The van der Waals surface area contributed by atoms with Gasteiger partial charge in [0.2, 0.25) is 0 Å². The van der Waals surface area contributed by atoms with E-state index in [9.17, 15) is 9.59 Å². The van der Waals surface area contributed by atoms with Crippen molar-refractivity contribution < 1.29 is 4.79 Å². The highest BCUT2D eigenvalue weighted by molar-refractivity contribution is 7.17. The van der Waals surface area contributed by atoms with E-state index in [0.717, 1.165) is 16.7 Å². The van der Waals surface area contributed by atoms with Gasteiger partial charge in [-0.1, -0.05) is 53.0 Å². The maximum Gasteiger partial charge on any atom is 0.263 e. The van der Waals surface area contributed by atoms with Crippen molar-refractivity contribution in [2.24, 2.45) is 0 Å². The monoisotopic (exact) mass is 428 g/mol. The van der Waals surface area contributed by atoms with Crippen LogP contribution in [-0.4, -0.2) is 15.3 Å². The van der Waals surface area contributed by atoms with E-state index >= 15 is 0 Å². The summed E-state index contributed by atoms with van der Waals surface area (Å²) in [5.41, 5.74) is 2.98. The molecule has 0 fully saturated rings. The molecule has 0 unspecified atom stereocenters. The number of halogens is 2. The van der Waals surface area contributed by atoms with Crippen molar-refractivity contribution in [3.63, 3.8) is 0 Å². The number of aryl methyl sites for hydroxylation is 1. The van der Waals surface area contributed by atoms with Gasteiger partial charge in [-0.25, -0.2) is 4.98 Å². The Bertz CT molecular complexity index is 1260. The highest BCUT2D eigenvalue weighted by atomic mass is 35.5. The number of rotatable bonds is 4. The van der Waals surface area contributed by atoms with E-state index in [1.807, 2.05) is 36.6 Å². The van der Waals surface area contributed by atoms with Crippen molar-refractivity contribution in [2.75, 3.05) is 0 Å². The third kappa shape index (κ3) is 3.49. The maximum absolute atomic E-state index is 13.1. The molecule has 140 valence electrons. The largest absolute Gasteiger partial charge is 0.292 e. The van der Waals surface area contributed by atoms with Crippen LogP contribution in [0.1, 0.15) is 15.9 Å². The van der Waals surface area contributed by atoms with Gasteiger partial charge in [-0.3, -0.25) is 14.2 Å². The normalized spacial score (nSPS) is 11.1. The van der Waals surface area contributed by atoms with Gasteiger partial charge >= 0.3 is 0 Å². The van der Waals surface area contributed by atoms with Crippen LogP contribution in [0.3, 0.4) is 0 Å². The van der Waals surface area contributed by atoms with E-state index in [1.54, 1.807) is 12.1 Å². The number of benzene rings is 2. The zero-order valence-electron chi connectivity index (χ0n) is 14.8. The molecule has 2 heterocycles. The Morgan fingerprint density at radius 3 is 2.61 bits per heavy atom. The number of Topliss-reactive ketones (excluding diaryl/α,β-unsaturated/α-hetero) is 1. The highest BCUT2D eigenvalue weighted by Crippen LogP contribution is 2.30. The first-order chi connectivity index (χ1) is 13.4. The van der Waals surface area contributed by atoms with Crippen molar-refractivity contribution in [1.82, 2.24) is 9.55 Å². The van der Waals surface area contributed by atoms with Gasteiger partial charge in [0.05, 0.1) is 23.3 Å². The molecular weight excluding hydrogens is 415 g/mol. The zero-order chi connectivity index (χ0) is 19.8. The van der Waals surface area contributed by atoms with Crippen LogP contribution in [0.2, 0.25) is 10.0 Å². The molecule has 0 N–H and O–H groups in total. The number of ketones is 1. The average Bonchev–Trinajstić information content (AvgIpc) is 3.09. The minimum absolute atomic E-state index is 0.147. The van der Waals surface area contributed by atoms with Crippen LogP contribution >= 0.6 is 34.5 Å². The van der Waals surface area contributed by atoms with E-state index in [4.69, 9.17) is 23.2 Å². The van der Waals surface area contributed by atoms with Crippen LogP contribution in [0.15, 0.2) is 59.0 Å². The van der Waals surface area contributed by atoms with Crippen LogP contribution in [-0.2, 0) is 6.54 Å². The molecule has 2 aromatic heterocycles. The molecule has 4 nitrogen and oxygen atoms in total. The van der Waals surface area contributed by atoms with Gasteiger partial charge in [-0.05, 0) is 30.7 Å². The Balaban J connectivity index is 1.75. The molecule has 0 atom stereocenters. The van der Waals surface area contributed by atoms with Gasteiger partial charge in [-0.15, -0.1) is 11.3 Å². The number of aromatic nitrogens is 2. The molecule has 0 radical (unpaired) electrons. The molecule has 0 saturated carbocycles. The lowest BCUT2D eigenvalue weighted by atomic mass is 10.0. The van der Waals surface area contributed by atoms with E-state index in [0.29, 0.717) is 20.8 Å². The molecule has 28 heavy (non-hydrogen) atoms. The van der Waals surface area contributed by atoms with Crippen molar-refractivity contribution >= 4 is 50.5 Å². The Hall–Kier alpha value is -2.47. The Morgan fingerprint density at radius 1 is 1.14 bits per heavy atom. The van der Waals surface area contributed by atoms with Crippen LogP contribution < -0.4 is 5.56 Å². The fraction of sp³-hybridized carbons (Fsp3) is 0.0952. The minimum Gasteiger partial charge on any atom is -0.292 e. The first-order valence-electron chi connectivity index (χ1n) is 8.46. The predicted octanol–water partition coefficient (Wildman–Crippen LogP) is 5.62. The predicted molar refractivity (Wildman–Crippen MR) is 115 cm³/mol. The topological polar surface area (TPSA) is 52.0 Å². The van der Waals surface area contributed by atoms with Crippen LogP contribution in [0, 0.1) is 6.92 Å². The molecule has 4 rings (SSSR count). The molecule has 4 aromatic rings. The van der Waals surface area contributed by atoms with E-state index in [2.05, 4.69) is 4.98 Å². The number of carbonyl (C=O) groups excluding carboxylic acids is 1. The van der Waals surface area contributed by atoms with Gasteiger partial charge in [0, 0.05) is 21.5 Å². The summed E-state index contributed by atoms with van der Waals surface area (Å²) in [4.78, 5) is 30.7. The van der Waals surface area contributed by atoms with Crippen LogP contribution in [0.4, 0.5) is 0 Å². The second-order valence-electron chi connectivity index (χ2n) is 6.42. The van der Waals surface area contributed by atoms with Crippen molar-refractivity contribution in [3.05, 3.63) is 85.7 Å². The summed E-state index contributed by atoms with van der Waals surface area (Å²) in [6.07, 6.45) is 1.40. The smallest absolute Gasteiger partial charge is 0.263 e. The fourth-order valence-corrected chi connectivity index (χ4v) is 4.40. The standard InChI is InChI=1S/C21H14Cl2N2O2S/c1-12-2-4-13(5-3-12)16-10-28-20-19(16)21(27)25(11-24-20)9-18(26)15-7-6-14(22)8-17(15)23/h2-8,10-11H,9H2,1H3. The number of nitrogens with zero attached hydrogens (tertiary/aromatic N) is 2. The highest BCUT2D eigenvalue weighted by Gasteiger charge is 2.16. The molecule has 0 saturated heterocycles. The third-order valence-corrected chi connectivity index (χ3v) is 5.90. The summed E-state index contributed by atoms with van der Waals surface area (Å²) in [7, 11) is 0. The molecule has 0 aliphatic rings. The van der Waals surface area contributed by atoms with Crippen molar-refractivity contribution in [2.45, 2.75) is 13.5 Å². The second kappa shape index (κ2) is 7.51. The van der Waals surface area contributed by atoms with Gasteiger partial charge in [0.1, 0.15) is 4.83 Å². The molecule has 0 bridgehead atoms. The summed E-state index contributed by atoms with van der Waals surface area (Å²) in [6.45, 7) is 1.86. The third-order valence-electron chi connectivity index (χ3n) is 4.47. The molecular formula is C21H14Cl2N2O2S. The van der Waals surface area contributed by atoms with Crippen molar-refractivity contribution in [1.29, 1.82) is 0 Å². The van der Waals surface area contributed by atoms with E-state index < -0.39 is 0 Å². The lowest BCUT2D eigenvalue weighted by Gasteiger charge is -2.07. The molecule has 0 aliphatic heterocycles. The summed E-state index contributed by atoms with van der Waals surface area (Å²) < 4.78 is 1.32. The maximum atomic E-state index is 13.1. The average molecular weight is 429 g/mol. The minimum atomic E-state index is -0.281. The van der Waals surface area contributed by atoms with Gasteiger partial charge in [-0.2, -0.15) is 0 Å². The Morgan fingerprint density at radius 2 is 1.89 bits per heavy atom. The summed E-state index contributed by atoms with van der Waals surface area (Å²) in [6, 6.07) is 12.6. The number of hydrogen-bond acceptors (Lipinski definition) is 4. The quantitative estimate of drug-likeness (QED) is 0.396. The van der Waals surface area contributed by atoms with Gasteiger partial charge in [0.15, 0.2) is 5.78 Å². The first-order valence-corrected chi connectivity index (χ1v) is 10.1. The van der Waals surface area contributed by atoms with Crippen LogP contribution in [0.25, 0.3) is 21.3 Å². The molecule has 0 amide bonds. The molecule has 7 heteroatoms. The number of fused-ring (bicyclic) bond motifs is 1. The number of thiophene rings is 1. The van der Waals surface area contributed by atoms with Gasteiger partial charge in [0.25, 0.3) is 5.56 Å². The Labute approximate surface area is 175 Å². The lowest BCUT2D eigenvalue weighted by Crippen LogP contribution is -2.24. The Kier molecular flexibility index (Phi) is 5.06. The molecule has 0 aliphatic carbocycles. The zero-order valence-corrected chi connectivity index (χ0v) is 17.1. The number of carbonyl (C=O) groups is 1. The van der Waals surface area contributed by atoms with Crippen LogP contribution in [0.5, 0.6) is 0 Å². The first kappa shape index (κ1) is 18.9. The summed E-state index contributed by atoms with van der Waals surface area (Å²) in [5.74, 6) is -0.281. The van der Waals surface area contributed by atoms with E-state index in [-0.39, 0.29) is 22.9 Å². The SMILES string of the molecule is Cc1ccc(-c2csc3ncn(CC(=O)c4ccc(Cl)cc4Cl)c(=O)c23)cc1. The van der Waals surface area contributed by atoms with E-state index in [1.165, 1.54) is 28.3 Å². The fourth-order valence-electron chi connectivity index (χ4n) is 2.98. The number of hydrogen-bond donors (Lipinski definition) is 0. The van der Waals surface area contributed by atoms with Crippen molar-refractivity contribution in [3.8, 4) is 11.1 Å². The summed E-state index contributed by atoms with van der Waals surface area (Å²) >= 11 is 13.4. The summed E-state index contributed by atoms with van der Waals surface area (Å²) in [5, 5.41) is 3.15.